The molecule has 0 spiro atoms. The molecular weight excluding hydrogens is 398 g/mol. The third-order valence-electron chi connectivity index (χ3n) is 6.40. The van der Waals surface area contributed by atoms with E-state index in [-0.39, 0.29) is 5.91 Å². The molecule has 168 valence electrons. The Balaban J connectivity index is 1.31. The molecule has 0 saturated carbocycles. The molecule has 2 aromatic rings. The molecule has 6 heteroatoms. The Hall–Kier alpha value is -3.12. The Morgan fingerprint density at radius 1 is 1.06 bits per heavy atom. The van der Waals surface area contributed by atoms with Gasteiger partial charge < -0.3 is 16.0 Å². The fourth-order valence-corrected chi connectivity index (χ4v) is 4.66. The average molecular weight is 432 g/mol. The first-order chi connectivity index (χ1) is 15.7. The second-order valence-electron chi connectivity index (χ2n) is 8.57. The summed E-state index contributed by atoms with van der Waals surface area (Å²) in [7, 11) is 1.71. The summed E-state index contributed by atoms with van der Waals surface area (Å²) in [4.78, 5) is 21.5. The number of anilines is 1. The molecule has 32 heavy (non-hydrogen) atoms. The lowest BCUT2D eigenvalue weighted by atomic mass is 10.00. The predicted molar refractivity (Wildman–Crippen MR) is 131 cm³/mol. The van der Waals surface area contributed by atoms with E-state index in [4.69, 9.17) is 5.73 Å². The van der Waals surface area contributed by atoms with Crippen LogP contribution in [0.15, 0.2) is 59.4 Å². The third-order valence-corrected chi connectivity index (χ3v) is 6.40. The minimum Gasteiger partial charge on any atom is -0.403 e. The van der Waals surface area contributed by atoms with Gasteiger partial charge in [0.1, 0.15) is 0 Å². The van der Waals surface area contributed by atoms with Gasteiger partial charge in [0.2, 0.25) is 5.91 Å². The number of aliphatic imine (C=N–C) groups is 1. The first-order valence-electron chi connectivity index (χ1n) is 11.5. The average Bonchev–Trinajstić information content (AvgIpc) is 2.96. The van der Waals surface area contributed by atoms with Crippen molar-refractivity contribution < 1.29 is 4.79 Å². The molecule has 0 aromatic heterocycles. The summed E-state index contributed by atoms with van der Waals surface area (Å²) in [6.07, 6.45) is 6.65. The Labute approximate surface area is 190 Å². The summed E-state index contributed by atoms with van der Waals surface area (Å²) in [5.74, 6) is 0.217. The number of hydrogen-bond donors (Lipinski definition) is 2. The lowest BCUT2D eigenvalue weighted by molar-refractivity contribution is -0.130. The molecular formula is C26H33N5O. The molecule has 0 unspecified atom stereocenters. The number of carbonyl (C=O) groups is 1. The Kier molecular flexibility index (Phi) is 7.22. The third kappa shape index (κ3) is 5.37. The number of nitrogens with zero attached hydrogens (tertiary/aromatic N) is 3. The van der Waals surface area contributed by atoms with E-state index in [9.17, 15) is 4.79 Å². The number of rotatable bonds is 7. The molecule has 2 aliphatic heterocycles. The van der Waals surface area contributed by atoms with E-state index >= 15 is 0 Å². The van der Waals surface area contributed by atoms with Crippen LogP contribution < -0.4 is 11.1 Å². The minimum atomic E-state index is 0.217. The van der Waals surface area contributed by atoms with E-state index in [1.165, 1.54) is 22.9 Å². The molecule has 1 amide bonds. The van der Waals surface area contributed by atoms with Gasteiger partial charge in [0.25, 0.3) is 0 Å². The normalized spacial score (nSPS) is 17.2. The molecule has 0 aliphatic carbocycles. The van der Waals surface area contributed by atoms with E-state index in [0.29, 0.717) is 6.42 Å². The lowest BCUT2D eigenvalue weighted by Crippen LogP contribution is -2.36. The molecule has 0 atom stereocenters. The van der Waals surface area contributed by atoms with Crippen LogP contribution in [0.1, 0.15) is 28.7 Å². The molecule has 2 heterocycles. The van der Waals surface area contributed by atoms with Crippen molar-refractivity contribution in [3.05, 3.63) is 76.6 Å². The van der Waals surface area contributed by atoms with Crippen molar-refractivity contribution in [2.45, 2.75) is 32.2 Å². The smallest absolute Gasteiger partial charge is 0.227 e. The number of benzene rings is 2. The number of carbonyl (C=O) groups excluding carboxylic acids is 1. The van der Waals surface area contributed by atoms with Gasteiger partial charge in [0.15, 0.2) is 0 Å². The van der Waals surface area contributed by atoms with E-state index < -0.39 is 0 Å². The highest BCUT2D eigenvalue weighted by Crippen LogP contribution is 2.23. The van der Waals surface area contributed by atoms with Crippen LogP contribution in [-0.2, 0) is 30.6 Å². The van der Waals surface area contributed by atoms with Crippen LogP contribution in [-0.4, -0.2) is 55.1 Å². The zero-order valence-corrected chi connectivity index (χ0v) is 18.9. The Morgan fingerprint density at radius 2 is 1.84 bits per heavy atom. The second-order valence-corrected chi connectivity index (χ2v) is 8.57. The highest BCUT2D eigenvalue weighted by molar-refractivity contribution is 5.84. The summed E-state index contributed by atoms with van der Waals surface area (Å²) in [5.41, 5.74) is 12.6. The van der Waals surface area contributed by atoms with Crippen molar-refractivity contribution in [3.63, 3.8) is 0 Å². The SMILES string of the molecule is CN=CC(=CN)Nc1ccc2c(c1)CC(=O)N(CCCN1CCc3ccccc3C1)CC2. The van der Waals surface area contributed by atoms with E-state index in [2.05, 4.69) is 51.6 Å². The molecule has 0 radical (unpaired) electrons. The fraction of sp³-hybridized carbons (Fsp3) is 0.385. The van der Waals surface area contributed by atoms with Gasteiger partial charge in [-0.05, 0) is 53.6 Å². The van der Waals surface area contributed by atoms with Crippen LogP contribution in [0, 0.1) is 0 Å². The van der Waals surface area contributed by atoms with Crippen molar-refractivity contribution in [2.75, 3.05) is 38.5 Å². The van der Waals surface area contributed by atoms with Gasteiger partial charge >= 0.3 is 0 Å². The van der Waals surface area contributed by atoms with E-state index in [0.717, 1.165) is 68.9 Å². The first-order valence-corrected chi connectivity index (χ1v) is 11.5. The highest BCUT2D eigenvalue weighted by atomic mass is 16.2. The number of hydrogen-bond acceptors (Lipinski definition) is 5. The van der Waals surface area contributed by atoms with Crippen molar-refractivity contribution in [1.29, 1.82) is 0 Å². The van der Waals surface area contributed by atoms with Gasteiger partial charge in [-0.15, -0.1) is 0 Å². The van der Waals surface area contributed by atoms with Gasteiger partial charge in [-0.1, -0.05) is 30.3 Å². The highest BCUT2D eigenvalue weighted by Gasteiger charge is 2.21. The van der Waals surface area contributed by atoms with Crippen LogP contribution in [0.3, 0.4) is 0 Å². The summed E-state index contributed by atoms with van der Waals surface area (Å²) in [6.45, 7) is 4.77. The zero-order chi connectivity index (χ0) is 22.3. The summed E-state index contributed by atoms with van der Waals surface area (Å²) in [6, 6.07) is 15.0. The van der Waals surface area contributed by atoms with Crippen molar-refractivity contribution in [1.82, 2.24) is 9.80 Å². The summed E-state index contributed by atoms with van der Waals surface area (Å²) < 4.78 is 0. The number of nitrogens with one attached hydrogen (secondary N) is 1. The van der Waals surface area contributed by atoms with Crippen LogP contribution >= 0.6 is 0 Å². The Bertz CT molecular complexity index is 1010. The fourth-order valence-electron chi connectivity index (χ4n) is 4.66. The maximum atomic E-state index is 13.0. The standard InChI is InChI=1S/C26H33N5O/c1-28-18-25(17-27)29-24-8-7-21-10-14-31(26(32)16-23(21)15-24)12-4-11-30-13-9-20-5-2-3-6-22(20)19-30/h2-3,5-8,15,17-18,29H,4,9-14,16,19,27H2,1H3. The number of fused-ring (bicyclic) bond motifs is 2. The van der Waals surface area contributed by atoms with Crippen LogP contribution in [0.25, 0.3) is 0 Å². The van der Waals surface area contributed by atoms with E-state index in [1.807, 2.05) is 11.0 Å². The topological polar surface area (TPSA) is 74.0 Å². The van der Waals surface area contributed by atoms with Gasteiger partial charge in [-0.3, -0.25) is 14.7 Å². The van der Waals surface area contributed by atoms with Gasteiger partial charge in [0, 0.05) is 57.9 Å². The largest absolute Gasteiger partial charge is 0.403 e. The second kappa shape index (κ2) is 10.5. The molecule has 2 aromatic carbocycles. The first kappa shape index (κ1) is 22.1. The quantitative estimate of drug-likeness (QED) is 0.661. The molecule has 6 nitrogen and oxygen atoms in total. The Morgan fingerprint density at radius 3 is 2.66 bits per heavy atom. The zero-order valence-electron chi connectivity index (χ0n) is 18.9. The van der Waals surface area contributed by atoms with Gasteiger partial charge in [0.05, 0.1) is 12.1 Å². The summed E-state index contributed by atoms with van der Waals surface area (Å²) in [5, 5.41) is 3.26. The molecule has 4 rings (SSSR count). The number of amides is 1. The molecule has 0 fully saturated rings. The van der Waals surface area contributed by atoms with Gasteiger partial charge in [-0.25, -0.2) is 0 Å². The monoisotopic (exact) mass is 431 g/mol. The maximum absolute atomic E-state index is 13.0. The predicted octanol–water partition coefficient (Wildman–Crippen LogP) is 2.97. The van der Waals surface area contributed by atoms with Crippen molar-refractivity contribution >= 4 is 17.8 Å². The van der Waals surface area contributed by atoms with E-state index in [1.54, 1.807) is 13.3 Å². The van der Waals surface area contributed by atoms with Crippen LogP contribution in [0.4, 0.5) is 5.69 Å². The summed E-state index contributed by atoms with van der Waals surface area (Å²) >= 11 is 0. The van der Waals surface area contributed by atoms with Crippen molar-refractivity contribution in [2.24, 2.45) is 10.7 Å². The molecule has 0 saturated heterocycles. The van der Waals surface area contributed by atoms with Crippen molar-refractivity contribution in [3.8, 4) is 0 Å². The van der Waals surface area contributed by atoms with Gasteiger partial charge in [-0.2, -0.15) is 0 Å². The van der Waals surface area contributed by atoms with Crippen LogP contribution in [0.5, 0.6) is 0 Å². The number of allylic oxidation sites excluding steroid dienone is 1. The molecule has 0 bridgehead atoms. The number of nitrogens with two attached hydrogens (primary N) is 1. The van der Waals surface area contributed by atoms with Crippen LogP contribution in [0.2, 0.25) is 0 Å². The lowest BCUT2D eigenvalue weighted by Gasteiger charge is -2.29. The molecule has 2 aliphatic rings. The maximum Gasteiger partial charge on any atom is 0.227 e. The molecule has 3 N–H and O–H groups in total. The minimum absolute atomic E-state index is 0.217.